The second-order valence-corrected chi connectivity index (χ2v) is 5.92. The van der Waals surface area contributed by atoms with Crippen LogP contribution in [0.1, 0.15) is 15.9 Å². The first kappa shape index (κ1) is 18.4. The molecule has 0 aliphatic rings. The Balaban J connectivity index is 1.69. The Bertz CT molecular complexity index is 947. The van der Waals surface area contributed by atoms with Gasteiger partial charge < -0.3 is 10.2 Å². The van der Waals surface area contributed by atoms with E-state index < -0.39 is 28.9 Å². The van der Waals surface area contributed by atoms with Gasteiger partial charge in [-0.05, 0) is 29.8 Å². The molecular formula is C20H16F3N3O. The smallest absolute Gasteiger partial charge is 0.259 e. The number of carbonyl (C=O) groups is 1. The molecule has 0 aliphatic heterocycles. The van der Waals surface area contributed by atoms with Crippen LogP contribution in [0.25, 0.3) is 0 Å². The second-order valence-electron chi connectivity index (χ2n) is 5.92. The van der Waals surface area contributed by atoms with Crippen LogP contribution in [0.15, 0.2) is 60.8 Å². The summed E-state index contributed by atoms with van der Waals surface area (Å²) < 4.78 is 39.9. The lowest BCUT2D eigenvalue weighted by Gasteiger charge is -2.19. The topological polar surface area (TPSA) is 45.2 Å². The number of halogens is 3. The summed E-state index contributed by atoms with van der Waals surface area (Å²) in [5.41, 5.74) is 1.35. The third kappa shape index (κ3) is 4.25. The molecule has 4 nitrogen and oxygen atoms in total. The average Bonchev–Trinajstić information content (AvgIpc) is 2.67. The number of carbonyl (C=O) groups excluding carboxylic acids is 1. The first-order chi connectivity index (χ1) is 13.0. The van der Waals surface area contributed by atoms with E-state index >= 15 is 0 Å². The number of pyridine rings is 1. The molecule has 1 aromatic heterocycles. The summed E-state index contributed by atoms with van der Waals surface area (Å²) in [5, 5.41) is 2.36. The van der Waals surface area contributed by atoms with Crippen LogP contribution in [-0.2, 0) is 6.54 Å². The summed E-state index contributed by atoms with van der Waals surface area (Å²) in [6.07, 6.45) is 1.56. The molecule has 0 saturated heterocycles. The van der Waals surface area contributed by atoms with Gasteiger partial charge in [-0.15, -0.1) is 0 Å². The predicted octanol–water partition coefficient (Wildman–Crippen LogP) is 4.39. The first-order valence-electron chi connectivity index (χ1n) is 8.11. The maximum Gasteiger partial charge on any atom is 0.259 e. The van der Waals surface area contributed by atoms with E-state index in [9.17, 15) is 18.0 Å². The largest absolute Gasteiger partial charge is 0.369 e. The Morgan fingerprint density at radius 2 is 1.74 bits per heavy atom. The zero-order valence-corrected chi connectivity index (χ0v) is 14.4. The van der Waals surface area contributed by atoms with Gasteiger partial charge in [0, 0.05) is 13.6 Å². The molecule has 0 saturated carbocycles. The number of benzene rings is 2. The number of hydrogen-bond acceptors (Lipinski definition) is 3. The van der Waals surface area contributed by atoms with Crippen molar-refractivity contribution in [2.24, 2.45) is 0 Å². The lowest BCUT2D eigenvalue weighted by Crippen LogP contribution is -2.18. The second kappa shape index (κ2) is 7.90. The summed E-state index contributed by atoms with van der Waals surface area (Å²) in [5.74, 6) is -5.32. The molecule has 0 radical (unpaired) electrons. The molecular weight excluding hydrogens is 355 g/mol. The highest BCUT2D eigenvalue weighted by molar-refractivity contribution is 6.04. The Morgan fingerprint density at radius 1 is 1.00 bits per heavy atom. The van der Waals surface area contributed by atoms with E-state index in [1.807, 2.05) is 42.3 Å². The van der Waals surface area contributed by atoms with Crippen molar-refractivity contribution >= 4 is 17.4 Å². The Morgan fingerprint density at radius 3 is 2.41 bits per heavy atom. The van der Waals surface area contributed by atoms with Crippen LogP contribution >= 0.6 is 0 Å². The van der Waals surface area contributed by atoms with Crippen molar-refractivity contribution in [3.63, 3.8) is 0 Å². The third-order valence-corrected chi connectivity index (χ3v) is 3.97. The molecule has 0 unspecified atom stereocenters. The van der Waals surface area contributed by atoms with E-state index in [0.29, 0.717) is 12.6 Å². The molecule has 1 N–H and O–H groups in total. The molecule has 3 aromatic rings. The maximum absolute atomic E-state index is 13.7. The Hall–Kier alpha value is -3.35. The van der Waals surface area contributed by atoms with Gasteiger partial charge in [-0.1, -0.05) is 30.3 Å². The number of nitrogens with one attached hydrogen (secondary N) is 1. The molecule has 0 atom stereocenters. The number of amides is 1. The van der Waals surface area contributed by atoms with Crippen LogP contribution in [0, 0.1) is 17.5 Å². The van der Waals surface area contributed by atoms with Gasteiger partial charge in [0.2, 0.25) is 0 Å². The highest BCUT2D eigenvalue weighted by Crippen LogP contribution is 2.19. The minimum absolute atomic E-state index is 0.168. The van der Waals surface area contributed by atoms with E-state index in [2.05, 4.69) is 10.3 Å². The number of aromatic nitrogens is 1. The number of hydrogen-bond donors (Lipinski definition) is 1. The quantitative estimate of drug-likeness (QED) is 0.677. The third-order valence-electron chi connectivity index (χ3n) is 3.97. The van der Waals surface area contributed by atoms with Crippen LogP contribution < -0.4 is 10.2 Å². The Kier molecular flexibility index (Phi) is 5.40. The van der Waals surface area contributed by atoms with Crippen molar-refractivity contribution < 1.29 is 18.0 Å². The summed E-state index contributed by atoms with van der Waals surface area (Å²) >= 11 is 0. The molecule has 3 rings (SSSR count). The normalized spacial score (nSPS) is 10.5. The lowest BCUT2D eigenvalue weighted by molar-refractivity contribution is 0.102. The molecule has 0 bridgehead atoms. The number of nitrogens with zero attached hydrogens (tertiary/aromatic N) is 2. The van der Waals surface area contributed by atoms with Gasteiger partial charge in [-0.2, -0.15) is 0 Å². The summed E-state index contributed by atoms with van der Waals surface area (Å²) in [6, 6.07) is 14.7. The van der Waals surface area contributed by atoms with E-state index in [4.69, 9.17) is 0 Å². The number of anilines is 2. The molecule has 7 heteroatoms. The van der Waals surface area contributed by atoms with E-state index in [0.717, 1.165) is 17.3 Å². The SMILES string of the molecule is CN(Cc1ccccc1)c1ccc(NC(=O)c2ccc(F)c(F)c2F)nc1. The molecule has 0 aliphatic carbocycles. The standard InChI is InChI=1S/C20H16F3N3O/c1-26(12-13-5-3-2-4-6-13)14-7-10-17(24-11-14)25-20(27)15-8-9-16(21)19(23)18(15)22/h2-11H,12H2,1H3,(H,24,25,27). The fourth-order valence-corrected chi connectivity index (χ4v) is 2.52. The minimum atomic E-state index is -1.69. The highest BCUT2D eigenvalue weighted by atomic mass is 19.2. The fraction of sp³-hybridized carbons (Fsp3) is 0.100. The van der Waals surface area contributed by atoms with Gasteiger partial charge in [-0.25, -0.2) is 18.2 Å². The predicted molar refractivity (Wildman–Crippen MR) is 97.1 cm³/mol. The van der Waals surface area contributed by atoms with Crippen LogP contribution in [-0.4, -0.2) is 17.9 Å². The summed E-state index contributed by atoms with van der Waals surface area (Å²) in [4.78, 5) is 18.2. The maximum atomic E-state index is 13.7. The minimum Gasteiger partial charge on any atom is -0.369 e. The highest BCUT2D eigenvalue weighted by Gasteiger charge is 2.19. The fourth-order valence-electron chi connectivity index (χ4n) is 2.52. The van der Waals surface area contributed by atoms with Crippen molar-refractivity contribution in [2.45, 2.75) is 6.54 Å². The Labute approximate surface area is 154 Å². The van der Waals surface area contributed by atoms with Gasteiger partial charge in [0.25, 0.3) is 5.91 Å². The summed E-state index contributed by atoms with van der Waals surface area (Å²) in [6.45, 7) is 0.675. The van der Waals surface area contributed by atoms with Crippen molar-refractivity contribution in [1.29, 1.82) is 0 Å². The molecule has 0 spiro atoms. The van der Waals surface area contributed by atoms with Crippen LogP contribution in [0.3, 0.4) is 0 Å². The average molecular weight is 371 g/mol. The zero-order valence-electron chi connectivity index (χ0n) is 14.4. The van der Waals surface area contributed by atoms with Gasteiger partial charge in [-0.3, -0.25) is 4.79 Å². The molecule has 138 valence electrons. The van der Waals surface area contributed by atoms with Gasteiger partial charge in [0.15, 0.2) is 17.5 Å². The van der Waals surface area contributed by atoms with Gasteiger partial charge in [0.1, 0.15) is 5.82 Å². The lowest BCUT2D eigenvalue weighted by atomic mass is 10.2. The van der Waals surface area contributed by atoms with Gasteiger partial charge in [0.05, 0.1) is 17.4 Å². The monoisotopic (exact) mass is 371 g/mol. The van der Waals surface area contributed by atoms with E-state index in [1.165, 1.54) is 0 Å². The first-order valence-corrected chi connectivity index (χ1v) is 8.11. The van der Waals surface area contributed by atoms with Crippen molar-refractivity contribution in [3.8, 4) is 0 Å². The van der Waals surface area contributed by atoms with Crippen molar-refractivity contribution in [2.75, 3.05) is 17.3 Å². The van der Waals surface area contributed by atoms with Crippen molar-refractivity contribution in [1.82, 2.24) is 4.98 Å². The van der Waals surface area contributed by atoms with Crippen molar-refractivity contribution in [3.05, 3.63) is 89.4 Å². The number of rotatable bonds is 5. The van der Waals surface area contributed by atoms with E-state index in [-0.39, 0.29) is 5.82 Å². The van der Waals surface area contributed by atoms with Crippen LogP contribution in [0.4, 0.5) is 24.7 Å². The van der Waals surface area contributed by atoms with E-state index in [1.54, 1.807) is 18.3 Å². The molecule has 0 fully saturated rings. The van der Waals surface area contributed by atoms with Gasteiger partial charge >= 0.3 is 0 Å². The molecule has 2 aromatic carbocycles. The molecule has 1 amide bonds. The molecule has 27 heavy (non-hydrogen) atoms. The summed E-state index contributed by atoms with van der Waals surface area (Å²) in [7, 11) is 1.90. The zero-order chi connectivity index (χ0) is 19.4. The van der Waals surface area contributed by atoms with Crippen LogP contribution in [0.2, 0.25) is 0 Å². The molecule has 1 heterocycles. The van der Waals surface area contributed by atoms with Crippen LogP contribution in [0.5, 0.6) is 0 Å².